The van der Waals surface area contributed by atoms with Crippen LogP contribution in [-0.4, -0.2) is 47.0 Å². The van der Waals surface area contributed by atoms with Crippen molar-refractivity contribution in [3.05, 3.63) is 46.8 Å². The fourth-order valence-electron chi connectivity index (χ4n) is 3.06. The molecule has 0 aliphatic carbocycles. The molecule has 2 heterocycles. The monoisotopic (exact) mass is 349 g/mol. The number of rotatable bonds is 4. The van der Waals surface area contributed by atoms with E-state index in [1.807, 2.05) is 0 Å². The Hall–Kier alpha value is -2.19. The molecule has 8 heteroatoms. The van der Waals surface area contributed by atoms with Crippen molar-refractivity contribution in [2.75, 3.05) is 12.8 Å². The summed E-state index contributed by atoms with van der Waals surface area (Å²) in [4.78, 5) is 13.8. The quantitative estimate of drug-likeness (QED) is 0.888. The van der Waals surface area contributed by atoms with Crippen LogP contribution in [0.5, 0.6) is 0 Å². The second-order valence-corrected chi connectivity index (χ2v) is 8.10. The second kappa shape index (κ2) is 6.03. The summed E-state index contributed by atoms with van der Waals surface area (Å²) >= 11 is 0. The lowest BCUT2D eigenvalue weighted by atomic mass is 10.0. The Bertz CT molecular complexity index is 885. The summed E-state index contributed by atoms with van der Waals surface area (Å²) in [5.74, 6) is -1.01. The van der Waals surface area contributed by atoms with Gasteiger partial charge in [0.25, 0.3) is 0 Å². The summed E-state index contributed by atoms with van der Waals surface area (Å²) in [7, 11) is -1.43. The Morgan fingerprint density at radius 3 is 2.54 bits per heavy atom. The van der Waals surface area contributed by atoms with Gasteiger partial charge in [0.1, 0.15) is 0 Å². The Kier molecular flexibility index (Phi) is 4.18. The SMILES string of the molecule is Cn1nc(C(=O)O)c2c1CCN(Cc1ccc(S(C)(=O)=O)cc1)C2. The van der Waals surface area contributed by atoms with Crippen molar-refractivity contribution in [3.63, 3.8) is 0 Å². The molecule has 1 aromatic carbocycles. The standard InChI is InChI=1S/C16H19N3O4S/c1-18-14-7-8-19(10-13(14)15(17-18)16(20)21)9-11-3-5-12(6-4-11)24(2,22)23/h3-6H,7-10H2,1-2H3,(H,20,21). The number of nitrogens with zero attached hydrogens (tertiary/aromatic N) is 3. The summed E-state index contributed by atoms with van der Waals surface area (Å²) in [6.45, 7) is 1.97. The normalized spacial score (nSPS) is 15.2. The number of carboxylic acids is 1. The van der Waals surface area contributed by atoms with E-state index in [2.05, 4.69) is 10.00 Å². The van der Waals surface area contributed by atoms with Crippen LogP contribution >= 0.6 is 0 Å². The molecule has 1 aromatic heterocycles. The molecule has 2 aromatic rings. The second-order valence-electron chi connectivity index (χ2n) is 6.08. The molecule has 0 radical (unpaired) electrons. The van der Waals surface area contributed by atoms with Gasteiger partial charge in [-0.05, 0) is 17.7 Å². The van der Waals surface area contributed by atoms with E-state index in [1.165, 1.54) is 6.26 Å². The Labute approximate surface area is 140 Å². The zero-order valence-electron chi connectivity index (χ0n) is 13.6. The first-order valence-corrected chi connectivity index (χ1v) is 9.44. The Balaban J connectivity index is 1.78. The highest BCUT2D eigenvalue weighted by Gasteiger charge is 2.26. The Morgan fingerprint density at radius 2 is 1.96 bits per heavy atom. The van der Waals surface area contributed by atoms with E-state index < -0.39 is 15.8 Å². The average Bonchev–Trinajstić information content (AvgIpc) is 2.84. The molecule has 0 fully saturated rings. The molecule has 7 nitrogen and oxygen atoms in total. The summed E-state index contributed by atoms with van der Waals surface area (Å²) in [6.07, 6.45) is 1.93. The minimum Gasteiger partial charge on any atom is -0.476 e. The van der Waals surface area contributed by atoms with Gasteiger partial charge in [-0.1, -0.05) is 12.1 Å². The first-order valence-electron chi connectivity index (χ1n) is 7.55. The molecule has 0 spiro atoms. The van der Waals surface area contributed by atoms with E-state index in [-0.39, 0.29) is 5.69 Å². The number of aromatic carboxylic acids is 1. The van der Waals surface area contributed by atoms with Crippen molar-refractivity contribution in [3.8, 4) is 0 Å². The molecular formula is C16H19N3O4S. The van der Waals surface area contributed by atoms with Crippen LogP contribution in [0.4, 0.5) is 0 Å². The number of carbonyl (C=O) groups is 1. The average molecular weight is 349 g/mol. The molecule has 3 rings (SSSR count). The number of sulfone groups is 1. The highest BCUT2D eigenvalue weighted by Crippen LogP contribution is 2.23. The molecule has 1 aliphatic heterocycles. The van der Waals surface area contributed by atoms with Crippen LogP contribution < -0.4 is 0 Å². The van der Waals surface area contributed by atoms with Crippen molar-refractivity contribution in [2.24, 2.45) is 7.05 Å². The Morgan fingerprint density at radius 1 is 1.29 bits per heavy atom. The van der Waals surface area contributed by atoms with E-state index in [0.717, 1.165) is 29.8 Å². The van der Waals surface area contributed by atoms with Gasteiger partial charge in [0.2, 0.25) is 0 Å². The van der Waals surface area contributed by atoms with Crippen LogP contribution in [0.2, 0.25) is 0 Å². The molecule has 0 bridgehead atoms. The number of aromatic nitrogens is 2. The zero-order chi connectivity index (χ0) is 17.5. The molecule has 0 atom stereocenters. The number of benzene rings is 1. The molecule has 0 saturated carbocycles. The lowest BCUT2D eigenvalue weighted by Crippen LogP contribution is -2.31. The minimum absolute atomic E-state index is 0.115. The van der Waals surface area contributed by atoms with E-state index in [4.69, 9.17) is 0 Å². The van der Waals surface area contributed by atoms with Gasteiger partial charge in [0.05, 0.1) is 4.90 Å². The summed E-state index contributed by atoms with van der Waals surface area (Å²) in [6, 6.07) is 6.81. The zero-order valence-corrected chi connectivity index (χ0v) is 14.4. The first kappa shape index (κ1) is 16.7. The number of aryl methyl sites for hydroxylation is 1. The number of fused-ring (bicyclic) bond motifs is 1. The van der Waals surface area contributed by atoms with Crippen LogP contribution in [-0.2, 0) is 36.4 Å². The van der Waals surface area contributed by atoms with Crippen LogP contribution in [0.1, 0.15) is 27.3 Å². The van der Waals surface area contributed by atoms with Crippen molar-refractivity contribution in [1.29, 1.82) is 0 Å². The van der Waals surface area contributed by atoms with E-state index >= 15 is 0 Å². The summed E-state index contributed by atoms with van der Waals surface area (Å²) in [5, 5.41) is 13.4. The molecule has 128 valence electrons. The van der Waals surface area contributed by atoms with Crippen molar-refractivity contribution >= 4 is 15.8 Å². The van der Waals surface area contributed by atoms with Crippen LogP contribution in [0.3, 0.4) is 0 Å². The number of hydrogen-bond donors (Lipinski definition) is 1. The molecule has 1 N–H and O–H groups in total. The number of hydrogen-bond acceptors (Lipinski definition) is 5. The largest absolute Gasteiger partial charge is 0.476 e. The van der Waals surface area contributed by atoms with Crippen molar-refractivity contribution in [2.45, 2.75) is 24.4 Å². The van der Waals surface area contributed by atoms with Gasteiger partial charge in [-0.15, -0.1) is 0 Å². The van der Waals surface area contributed by atoms with Crippen LogP contribution in [0, 0.1) is 0 Å². The van der Waals surface area contributed by atoms with Crippen LogP contribution in [0.25, 0.3) is 0 Å². The fourth-order valence-corrected chi connectivity index (χ4v) is 3.69. The van der Waals surface area contributed by atoms with Gasteiger partial charge in [-0.3, -0.25) is 9.58 Å². The molecule has 24 heavy (non-hydrogen) atoms. The van der Waals surface area contributed by atoms with Gasteiger partial charge < -0.3 is 5.11 Å². The summed E-state index contributed by atoms with van der Waals surface area (Å²) < 4.78 is 24.6. The molecule has 1 aliphatic rings. The third-order valence-corrected chi connectivity index (χ3v) is 5.41. The van der Waals surface area contributed by atoms with Crippen molar-refractivity contribution < 1.29 is 18.3 Å². The predicted molar refractivity (Wildman–Crippen MR) is 87.5 cm³/mol. The van der Waals surface area contributed by atoms with E-state index in [0.29, 0.717) is 18.0 Å². The maximum absolute atomic E-state index is 11.5. The maximum atomic E-state index is 11.5. The fraction of sp³-hybridized carbons (Fsp3) is 0.375. The van der Waals surface area contributed by atoms with Crippen molar-refractivity contribution in [1.82, 2.24) is 14.7 Å². The highest BCUT2D eigenvalue weighted by molar-refractivity contribution is 7.90. The first-order chi connectivity index (χ1) is 11.3. The van der Waals surface area contributed by atoms with E-state index in [1.54, 1.807) is 36.0 Å². The van der Waals surface area contributed by atoms with Gasteiger partial charge in [0.15, 0.2) is 15.5 Å². The smallest absolute Gasteiger partial charge is 0.356 e. The summed E-state index contributed by atoms with van der Waals surface area (Å²) in [5.41, 5.74) is 2.84. The molecule has 0 unspecified atom stereocenters. The van der Waals surface area contributed by atoms with Crippen LogP contribution in [0.15, 0.2) is 29.2 Å². The van der Waals surface area contributed by atoms with Gasteiger partial charge in [-0.2, -0.15) is 5.10 Å². The molecule has 0 saturated heterocycles. The third-order valence-electron chi connectivity index (χ3n) is 4.28. The topological polar surface area (TPSA) is 92.5 Å². The van der Waals surface area contributed by atoms with Gasteiger partial charge in [0, 0.05) is 50.6 Å². The molecular weight excluding hydrogens is 330 g/mol. The lowest BCUT2D eigenvalue weighted by molar-refractivity contribution is 0.0687. The third kappa shape index (κ3) is 3.20. The lowest BCUT2D eigenvalue weighted by Gasteiger charge is -2.27. The minimum atomic E-state index is -3.19. The van der Waals surface area contributed by atoms with E-state index in [9.17, 15) is 18.3 Å². The maximum Gasteiger partial charge on any atom is 0.356 e. The highest BCUT2D eigenvalue weighted by atomic mass is 32.2. The van der Waals surface area contributed by atoms with Gasteiger partial charge in [-0.25, -0.2) is 13.2 Å². The predicted octanol–water partition coefficient (Wildman–Crippen LogP) is 1.08. The molecule has 0 amide bonds. The van der Waals surface area contributed by atoms with Gasteiger partial charge >= 0.3 is 5.97 Å². The number of carboxylic acid groups (broad SMARTS) is 1.